The molecule has 1 aliphatic rings. The summed E-state index contributed by atoms with van der Waals surface area (Å²) >= 11 is 0. The molecule has 2 heterocycles. The van der Waals surface area contributed by atoms with Gasteiger partial charge in [0.2, 0.25) is 0 Å². The zero-order valence-corrected chi connectivity index (χ0v) is 9.35. The summed E-state index contributed by atoms with van der Waals surface area (Å²) in [5.41, 5.74) is 0. The van der Waals surface area contributed by atoms with E-state index in [0.29, 0.717) is 12.4 Å². The lowest BCUT2D eigenvalue weighted by molar-refractivity contribution is 0.187. The molecule has 3 heteroatoms. The average molecular weight is 220 g/mol. The fourth-order valence-electron chi connectivity index (χ4n) is 1.82. The molecule has 86 valence electrons. The predicted octanol–water partition coefficient (Wildman–Crippen LogP) is 3.20. The maximum Gasteiger partial charge on any atom is 0.118 e. The van der Waals surface area contributed by atoms with E-state index in [4.69, 9.17) is 9.15 Å². The van der Waals surface area contributed by atoms with Gasteiger partial charge in [0.15, 0.2) is 0 Å². The minimum atomic E-state index is 0.266. The molecular formula is C13H16O3. The van der Waals surface area contributed by atoms with Gasteiger partial charge in [-0.3, -0.25) is 0 Å². The van der Waals surface area contributed by atoms with Crippen molar-refractivity contribution in [2.24, 2.45) is 5.92 Å². The van der Waals surface area contributed by atoms with Gasteiger partial charge >= 0.3 is 0 Å². The lowest BCUT2D eigenvalue weighted by Gasteiger charge is -2.20. The summed E-state index contributed by atoms with van der Waals surface area (Å²) in [4.78, 5) is 0. The molecule has 0 spiro atoms. The van der Waals surface area contributed by atoms with E-state index in [9.17, 15) is 5.11 Å². The van der Waals surface area contributed by atoms with Crippen LogP contribution in [0.3, 0.4) is 0 Å². The highest BCUT2D eigenvalue weighted by atomic mass is 16.5. The van der Waals surface area contributed by atoms with E-state index in [1.165, 1.54) is 0 Å². The van der Waals surface area contributed by atoms with Crippen LogP contribution < -0.4 is 0 Å². The number of hydrogen-bond donors (Lipinski definition) is 1. The maximum absolute atomic E-state index is 9.43. The van der Waals surface area contributed by atoms with Crippen molar-refractivity contribution < 1.29 is 14.3 Å². The van der Waals surface area contributed by atoms with Gasteiger partial charge in [0, 0.05) is 18.4 Å². The Bertz CT molecular complexity index is 387. The first-order valence-electron chi connectivity index (χ1n) is 5.55. The van der Waals surface area contributed by atoms with Crippen molar-refractivity contribution in [3.63, 3.8) is 0 Å². The average Bonchev–Trinajstić information content (AvgIpc) is 2.78. The number of rotatable bonds is 4. The van der Waals surface area contributed by atoms with Gasteiger partial charge in [0.25, 0.3) is 0 Å². The smallest absolute Gasteiger partial charge is 0.118 e. The first-order chi connectivity index (χ1) is 7.79. The molecule has 0 fully saturated rings. The van der Waals surface area contributed by atoms with E-state index < -0.39 is 0 Å². The third-order valence-electron chi connectivity index (χ3n) is 2.76. The topological polar surface area (TPSA) is 42.6 Å². The fourth-order valence-corrected chi connectivity index (χ4v) is 1.82. The van der Waals surface area contributed by atoms with Gasteiger partial charge in [0.1, 0.15) is 23.9 Å². The van der Waals surface area contributed by atoms with Crippen molar-refractivity contribution >= 4 is 0 Å². The molecule has 0 aromatic carbocycles. The first-order valence-corrected chi connectivity index (χ1v) is 5.55. The number of aliphatic hydroxyl groups excluding tert-OH is 1. The Morgan fingerprint density at radius 3 is 3.00 bits per heavy atom. The first kappa shape index (κ1) is 10.9. The largest absolute Gasteiger partial charge is 0.508 e. The zero-order chi connectivity index (χ0) is 11.4. The third kappa shape index (κ3) is 2.48. The van der Waals surface area contributed by atoms with E-state index in [0.717, 1.165) is 24.4 Å². The molecule has 1 aliphatic heterocycles. The van der Waals surface area contributed by atoms with E-state index in [1.54, 1.807) is 18.4 Å². The fraction of sp³-hybridized carbons (Fsp3) is 0.385. The van der Waals surface area contributed by atoms with Gasteiger partial charge in [-0.1, -0.05) is 6.92 Å². The van der Waals surface area contributed by atoms with Gasteiger partial charge in [-0.2, -0.15) is 0 Å². The zero-order valence-electron chi connectivity index (χ0n) is 9.35. The molecule has 0 saturated carbocycles. The Balaban J connectivity index is 2.08. The van der Waals surface area contributed by atoms with Gasteiger partial charge in [0.05, 0.1) is 6.26 Å². The molecule has 2 rings (SSSR count). The second kappa shape index (κ2) is 4.92. The van der Waals surface area contributed by atoms with Crippen molar-refractivity contribution in [1.29, 1.82) is 0 Å². The molecule has 1 N–H and O–H groups in total. The molecule has 0 aliphatic carbocycles. The summed E-state index contributed by atoms with van der Waals surface area (Å²) in [6.07, 6.45) is 6.79. The van der Waals surface area contributed by atoms with Crippen molar-refractivity contribution in [1.82, 2.24) is 0 Å². The van der Waals surface area contributed by atoms with Crippen LogP contribution in [0, 0.1) is 5.92 Å². The monoisotopic (exact) mass is 220 g/mol. The van der Waals surface area contributed by atoms with Crippen LogP contribution in [-0.2, 0) is 11.2 Å². The minimum Gasteiger partial charge on any atom is -0.508 e. The van der Waals surface area contributed by atoms with Crippen LogP contribution in [0.4, 0.5) is 0 Å². The SMILES string of the molecule is CCC(Cc1ccco1)C1=CC(O)=CCO1. The molecule has 3 nitrogen and oxygen atoms in total. The molecule has 1 unspecified atom stereocenters. The van der Waals surface area contributed by atoms with Crippen molar-refractivity contribution in [3.8, 4) is 0 Å². The quantitative estimate of drug-likeness (QED) is 0.847. The van der Waals surface area contributed by atoms with Gasteiger partial charge < -0.3 is 14.3 Å². The molecule has 16 heavy (non-hydrogen) atoms. The van der Waals surface area contributed by atoms with Crippen LogP contribution in [0.15, 0.2) is 46.5 Å². The third-order valence-corrected chi connectivity index (χ3v) is 2.76. The second-order valence-corrected chi connectivity index (χ2v) is 3.88. The summed E-state index contributed by atoms with van der Waals surface area (Å²) in [5.74, 6) is 2.35. The number of furan rings is 1. The standard InChI is InChI=1S/C13H16O3/c1-2-10(8-12-4-3-6-15-12)13-9-11(14)5-7-16-13/h3-6,9-10,14H,2,7-8H2,1H3. The molecule has 0 saturated heterocycles. The van der Waals surface area contributed by atoms with Crippen molar-refractivity contribution in [2.45, 2.75) is 19.8 Å². The second-order valence-electron chi connectivity index (χ2n) is 3.88. The summed E-state index contributed by atoms with van der Waals surface area (Å²) in [6.45, 7) is 2.56. The lowest BCUT2D eigenvalue weighted by Crippen LogP contribution is -2.12. The maximum atomic E-state index is 9.43. The molecule has 0 bridgehead atoms. The van der Waals surface area contributed by atoms with E-state index in [1.807, 2.05) is 12.1 Å². The Kier molecular flexibility index (Phi) is 3.34. The Morgan fingerprint density at radius 2 is 2.38 bits per heavy atom. The minimum absolute atomic E-state index is 0.266. The lowest BCUT2D eigenvalue weighted by atomic mass is 9.97. The molecule has 1 aromatic heterocycles. The van der Waals surface area contributed by atoms with Crippen LogP contribution in [0.1, 0.15) is 19.1 Å². The van der Waals surface area contributed by atoms with Gasteiger partial charge in [-0.15, -0.1) is 0 Å². The normalized spacial score (nSPS) is 17.3. The Morgan fingerprint density at radius 1 is 1.50 bits per heavy atom. The molecule has 0 radical (unpaired) electrons. The molecular weight excluding hydrogens is 204 g/mol. The van der Waals surface area contributed by atoms with E-state index in [2.05, 4.69) is 6.92 Å². The highest BCUT2D eigenvalue weighted by molar-refractivity contribution is 5.20. The summed E-state index contributed by atoms with van der Waals surface area (Å²) in [5, 5.41) is 9.43. The van der Waals surface area contributed by atoms with E-state index in [-0.39, 0.29) is 5.92 Å². The summed E-state index contributed by atoms with van der Waals surface area (Å²) in [6, 6.07) is 3.84. The Labute approximate surface area is 95.0 Å². The van der Waals surface area contributed by atoms with E-state index >= 15 is 0 Å². The predicted molar refractivity (Wildman–Crippen MR) is 60.9 cm³/mol. The molecule has 0 amide bonds. The molecule has 1 aromatic rings. The highest BCUT2D eigenvalue weighted by Gasteiger charge is 2.18. The van der Waals surface area contributed by atoms with Crippen molar-refractivity contribution in [2.75, 3.05) is 6.61 Å². The van der Waals surface area contributed by atoms with Crippen LogP contribution in [0.5, 0.6) is 0 Å². The number of ether oxygens (including phenoxy) is 1. The summed E-state index contributed by atoms with van der Waals surface area (Å²) < 4.78 is 10.9. The molecule has 1 atom stereocenters. The van der Waals surface area contributed by atoms with Crippen LogP contribution in [-0.4, -0.2) is 11.7 Å². The van der Waals surface area contributed by atoms with Crippen molar-refractivity contribution in [3.05, 3.63) is 47.8 Å². The number of allylic oxidation sites excluding steroid dienone is 2. The van der Waals surface area contributed by atoms with Crippen LogP contribution in [0.2, 0.25) is 0 Å². The van der Waals surface area contributed by atoms with Crippen LogP contribution in [0.25, 0.3) is 0 Å². The number of hydrogen-bond acceptors (Lipinski definition) is 3. The summed E-state index contributed by atoms with van der Waals surface area (Å²) in [7, 11) is 0. The van der Waals surface area contributed by atoms with Gasteiger partial charge in [-0.05, 0) is 24.6 Å². The Hall–Kier alpha value is -1.64. The highest BCUT2D eigenvalue weighted by Crippen LogP contribution is 2.24. The number of aliphatic hydroxyl groups is 1. The van der Waals surface area contributed by atoms with Gasteiger partial charge in [-0.25, -0.2) is 0 Å². The van der Waals surface area contributed by atoms with Crippen LogP contribution >= 0.6 is 0 Å².